The SMILES string of the molecule is CN(C(=O)n1cnc(-c2ccc(Cl)cc2)c1)C1CCCC1. The summed E-state index contributed by atoms with van der Waals surface area (Å²) >= 11 is 5.88. The third kappa shape index (κ3) is 2.95. The van der Waals surface area contributed by atoms with Crippen LogP contribution in [0, 0.1) is 0 Å². The Hall–Kier alpha value is -1.81. The Kier molecular flexibility index (Phi) is 3.97. The van der Waals surface area contributed by atoms with Gasteiger partial charge in [0.05, 0.1) is 5.69 Å². The first-order valence-corrected chi connectivity index (χ1v) is 7.60. The minimum atomic E-state index is -0.0189. The number of halogens is 1. The molecule has 0 radical (unpaired) electrons. The molecular formula is C16H18ClN3O. The highest BCUT2D eigenvalue weighted by atomic mass is 35.5. The molecule has 0 saturated heterocycles. The van der Waals surface area contributed by atoms with Crippen molar-refractivity contribution in [3.05, 3.63) is 41.8 Å². The van der Waals surface area contributed by atoms with Crippen molar-refractivity contribution in [1.82, 2.24) is 14.5 Å². The van der Waals surface area contributed by atoms with E-state index in [4.69, 9.17) is 11.6 Å². The molecule has 0 bridgehead atoms. The van der Waals surface area contributed by atoms with Gasteiger partial charge in [-0.05, 0) is 25.0 Å². The van der Waals surface area contributed by atoms with Crippen LogP contribution in [0.2, 0.25) is 5.02 Å². The molecule has 110 valence electrons. The van der Waals surface area contributed by atoms with Gasteiger partial charge < -0.3 is 4.90 Å². The monoisotopic (exact) mass is 303 g/mol. The van der Waals surface area contributed by atoms with Crippen LogP contribution in [0.25, 0.3) is 11.3 Å². The molecule has 21 heavy (non-hydrogen) atoms. The Morgan fingerprint density at radius 3 is 2.62 bits per heavy atom. The molecule has 1 aliphatic rings. The number of imidazole rings is 1. The summed E-state index contributed by atoms with van der Waals surface area (Å²) in [5, 5.41) is 0.690. The van der Waals surface area contributed by atoms with Gasteiger partial charge in [0.1, 0.15) is 6.33 Å². The second-order valence-electron chi connectivity index (χ2n) is 5.50. The fourth-order valence-electron chi connectivity index (χ4n) is 2.83. The summed E-state index contributed by atoms with van der Waals surface area (Å²) in [7, 11) is 1.88. The number of hydrogen-bond acceptors (Lipinski definition) is 2. The molecule has 0 N–H and O–H groups in total. The first-order valence-electron chi connectivity index (χ1n) is 7.22. The first kappa shape index (κ1) is 14.1. The van der Waals surface area contributed by atoms with Gasteiger partial charge in [0.2, 0.25) is 0 Å². The molecule has 0 unspecified atom stereocenters. The maximum atomic E-state index is 12.5. The largest absolute Gasteiger partial charge is 0.329 e. The molecule has 0 spiro atoms. The lowest BCUT2D eigenvalue weighted by Crippen LogP contribution is -2.37. The van der Waals surface area contributed by atoms with E-state index in [0.29, 0.717) is 11.1 Å². The normalized spacial score (nSPS) is 15.3. The minimum Gasteiger partial charge on any atom is -0.324 e. The number of carbonyl (C=O) groups excluding carboxylic acids is 1. The molecule has 1 saturated carbocycles. The molecule has 1 heterocycles. The summed E-state index contributed by atoms with van der Waals surface area (Å²) < 4.78 is 1.56. The molecule has 5 heteroatoms. The molecule has 1 aromatic heterocycles. The number of amides is 1. The van der Waals surface area contributed by atoms with Crippen molar-refractivity contribution >= 4 is 17.6 Å². The van der Waals surface area contributed by atoms with Crippen LogP contribution >= 0.6 is 11.6 Å². The topological polar surface area (TPSA) is 38.1 Å². The predicted molar refractivity (Wildman–Crippen MR) is 83.5 cm³/mol. The molecule has 1 aromatic carbocycles. The van der Waals surface area contributed by atoms with Crippen molar-refractivity contribution in [3.8, 4) is 11.3 Å². The lowest BCUT2D eigenvalue weighted by Gasteiger charge is -2.23. The van der Waals surface area contributed by atoms with E-state index in [1.165, 1.54) is 12.8 Å². The molecule has 1 amide bonds. The number of aromatic nitrogens is 2. The number of rotatable bonds is 2. The molecule has 1 fully saturated rings. The van der Waals surface area contributed by atoms with E-state index in [2.05, 4.69) is 4.98 Å². The summed E-state index contributed by atoms with van der Waals surface area (Å²) in [6.45, 7) is 0. The third-order valence-electron chi connectivity index (χ3n) is 4.12. The van der Waals surface area contributed by atoms with Crippen LogP contribution in [0.4, 0.5) is 4.79 Å². The summed E-state index contributed by atoms with van der Waals surface area (Å²) in [4.78, 5) is 18.6. The molecule has 0 atom stereocenters. The lowest BCUT2D eigenvalue weighted by molar-refractivity contribution is 0.192. The number of hydrogen-bond donors (Lipinski definition) is 0. The predicted octanol–water partition coefficient (Wildman–Crippen LogP) is 4.05. The lowest BCUT2D eigenvalue weighted by atomic mass is 10.2. The number of nitrogens with zero attached hydrogens (tertiary/aromatic N) is 3. The second kappa shape index (κ2) is 5.90. The van der Waals surface area contributed by atoms with E-state index in [1.54, 1.807) is 17.1 Å². The quantitative estimate of drug-likeness (QED) is 0.839. The van der Waals surface area contributed by atoms with Gasteiger partial charge in [-0.1, -0.05) is 36.6 Å². The van der Waals surface area contributed by atoms with E-state index in [9.17, 15) is 4.79 Å². The Balaban J connectivity index is 1.77. The highest BCUT2D eigenvalue weighted by Crippen LogP contribution is 2.24. The Morgan fingerprint density at radius 2 is 1.95 bits per heavy atom. The Bertz CT molecular complexity index is 629. The van der Waals surface area contributed by atoms with Gasteiger partial charge in [-0.3, -0.25) is 4.57 Å². The highest BCUT2D eigenvalue weighted by molar-refractivity contribution is 6.30. The molecule has 1 aliphatic carbocycles. The van der Waals surface area contributed by atoms with Crippen LogP contribution in [0.15, 0.2) is 36.8 Å². The average Bonchev–Trinajstić information content (AvgIpc) is 3.18. The first-order chi connectivity index (χ1) is 10.1. The fraction of sp³-hybridized carbons (Fsp3) is 0.375. The van der Waals surface area contributed by atoms with Crippen LogP contribution in [0.1, 0.15) is 25.7 Å². The number of benzene rings is 1. The van der Waals surface area contributed by atoms with Gasteiger partial charge in [-0.2, -0.15) is 0 Å². The van der Waals surface area contributed by atoms with Crippen molar-refractivity contribution in [2.24, 2.45) is 0 Å². The zero-order valence-corrected chi connectivity index (χ0v) is 12.8. The average molecular weight is 304 g/mol. The molecule has 4 nitrogen and oxygen atoms in total. The van der Waals surface area contributed by atoms with Crippen LogP contribution in [-0.2, 0) is 0 Å². The third-order valence-corrected chi connectivity index (χ3v) is 4.37. The van der Waals surface area contributed by atoms with Gasteiger partial charge in [-0.15, -0.1) is 0 Å². The molecule has 0 aliphatic heterocycles. The maximum Gasteiger partial charge on any atom is 0.329 e. The van der Waals surface area contributed by atoms with Gasteiger partial charge >= 0.3 is 6.03 Å². The molecule has 3 rings (SSSR count). The van der Waals surface area contributed by atoms with Gasteiger partial charge in [0, 0.05) is 29.9 Å². The number of carbonyl (C=O) groups is 1. The molecular weight excluding hydrogens is 286 g/mol. The zero-order chi connectivity index (χ0) is 14.8. The van der Waals surface area contributed by atoms with Crippen LogP contribution in [0.5, 0.6) is 0 Å². The fourth-order valence-corrected chi connectivity index (χ4v) is 2.95. The minimum absolute atomic E-state index is 0.0189. The van der Waals surface area contributed by atoms with Crippen molar-refractivity contribution < 1.29 is 4.79 Å². The van der Waals surface area contributed by atoms with E-state index < -0.39 is 0 Å². The van der Waals surface area contributed by atoms with Crippen LogP contribution < -0.4 is 0 Å². The van der Waals surface area contributed by atoms with E-state index in [1.807, 2.05) is 36.2 Å². The van der Waals surface area contributed by atoms with E-state index in [-0.39, 0.29) is 6.03 Å². The summed E-state index contributed by atoms with van der Waals surface area (Å²) in [6.07, 6.45) is 7.97. The van der Waals surface area contributed by atoms with Crippen molar-refractivity contribution in [2.45, 2.75) is 31.7 Å². The molecule has 2 aromatic rings. The van der Waals surface area contributed by atoms with E-state index >= 15 is 0 Å². The van der Waals surface area contributed by atoms with Gasteiger partial charge in [0.15, 0.2) is 0 Å². The summed E-state index contributed by atoms with van der Waals surface area (Å²) in [5.74, 6) is 0. The van der Waals surface area contributed by atoms with Crippen LogP contribution in [0.3, 0.4) is 0 Å². The Labute approximate surface area is 129 Å². The van der Waals surface area contributed by atoms with Crippen molar-refractivity contribution in [1.29, 1.82) is 0 Å². The van der Waals surface area contributed by atoms with Crippen molar-refractivity contribution in [2.75, 3.05) is 7.05 Å². The zero-order valence-electron chi connectivity index (χ0n) is 12.0. The summed E-state index contributed by atoms with van der Waals surface area (Å²) in [5.41, 5.74) is 1.73. The van der Waals surface area contributed by atoms with Gasteiger partial charge in [-0.25, -0.2) is 9.78 Å². The van der Waals surface area contributed by atoms with E-state index in [0.717, 1.165) is 24.1 Å². The van der Waals surface area contributed by atoms with Gasteiger partial charge in [0.25, 0.3) is 0 Å². The second-order valence-corrected chi connectivity index (χ2v) is 5.94. The van der Waals surface area contributed by atoms with Crippen molar-refractivity contribution in [3.63, 3.8) is 0 Å². The smallest absolute Gasteiger partial charge is 0.324 e. The van der Waals surface area contributed by atoms with Crippen LogP contribution in [-0.4, -0.2) is 33.6 Å². The maximum absolute atomic E-state index is 12.5. The summed E-state index contributed by atoms with van der Waals surface area (Å²) in [6, 6.07) is 7.79. The Morgan fingerprint density at radius 1 is 1.29 bits per heavy atom. The standard InChI is InChI=1S/C16H18ClN3O/c1-19(14-4-2-3-5-14)16(21)20-10-15(18-11-20)12-6-8-13(17)9-7-12/h6-11,14H,2-5H2,1H3. The highest BCUT2D eigenvalue weighted by Gasteiger charge is 2.24.